The standard InChI is InChI=1S/C13H18N2O2/c16-15(17)13-5-3-11(4-6-13)1-2-12-7-9-14-10-8-12/h3-6,12,14H,1-2,7-10H2/p+1. The summed E-state index contributed by atoms with van der Waals surface area (Å²) in [6.07, 6.45) is 4.88. The fourth-order valence-corrected chi connectivity index (χ4v) is 2.44. The fourth-order valence-electron chi connectivity index (χ4n) is 2.44. The van der Waals surface area contributed by atoms with Gasteiger partial charge >= 0.3 is 0 Å². The molecule has 17 heavy (non-hydrogen) atoms. The van der Waals surface area contributed by atoms with Gasteiger partial charge in [0, 0.05) is 12.1 Å². The Morgan fingerprint density at radius 1 is 1.24 bits per heavy atom. The van der Waals surface area contributed by atoms with E-state index in [1.165, 1.54) is 37.9 Å². The van der Waals surface area contributed by atoms with Crippen molar-refractivity contribution < 1.29 is 10.2 Å². The van der Waals surface area contributed by atoms with Crippen LogP contribution in [0.25, 0.3) is 0 Å². The van der Waals surface area contributed by atoms with Gasteiger partial charge in [0.2, 0.25) is 0 Å². The largest absolute Gasteiger partial charge is 0.346 e. The van der Waals surface area contributed by atoms with E-state index in [0.717, 1.165) is 12.3 Å². The van der Waals surface area contributed by atoms with Gasteiger partial charge in [-0.2, -0.15) is 0 Å². The molecule has 0 unspecified atom stereocenters. The molecule has 0 bridgehead atoms. The molecule has 1 aromatic rings. The zero-order valence-electron chi connectivity index (χ0n) is 9.97. The Labute approximate surface area is 101 Å². The van der Waals surface area contributed by atoms with E-state index in [-0.39, 0.29) is 10.6 Å². The Morgan fingerprint density at radius 3 is 2.47 bits per heavy atom. The zero-order chi connectivity index (χ0) is 12.1. The zero-order valence-corrected chi connectivity index (χ0v) is 9.97. The summed E-state index contributed by atoms with van der Waals surface area (Å²) in [6.45, 7) is 2.51. The highest BCUT2D eigenvalue weighted by molar-refractivity contribution is 5.32. The van der Waals surface area contributed by atoms with E-state index in [0.29, 0.717) is 0 Å². The lowest BCUT2D eigenvalue weighted by atomic mass is 9.91. The molecule has 0 radical (unpaired) electrons. The molecule has 0 aliphatic carbocycles. The summed E-state index contributed by atoms with van der Waals surface area (Å²) in [5.41, 5.74) is 1.39. The van der Waals surface area contributed by atoms with Crippen LogP contribution in [-0.2, 0) is 6.42 Å². The van der Waals surface area contributed by atoms with Crippen LogP contribution in [-0.4, -0.2) is 18.0 Å². The topological polar surface area (TPSA) is 59.8 Å². The molecule has 0 aromatic heterocycles. The molecule has 92 valence electrons. The first kappa shape index (κ1) is 12.0. The van der Waals surface area contributed by atoms with Crippen molar-refractivity contribution in [1.82, 2.24) is 0 Å². The maximum atomic E-state index is 10.5. The van der Waals surface area contributed by atoms with E-state index < -0.39 is 0 Å². The molecular weight excluding hydrogens is 216 g/mol. The molecule has 4 heteroatoms. The second kappa shape index (κ2) is 5.77. The van der Waals surface area contributed by atoms with Crippen LogP contribution in [0.5, 0.6) is 0 Å². The van der Waals surface area contributed by atoms with E-state index in [1.54, 1.807) is 12.1 Å². The first-order valence-corrected chi connectivity index (χ1v) is 6.30. The first-order chi connectivity index (χ1) is 8.25. The Balaban J connectivity index is 1.84. The van der Waals surface area contributed by atoms with E-state index in [1.807, 2.05) is 12.1 Å². The summed E-state index contributed by atoms with van der Waals surface area (Å²) >= 11 is 0. The maximum Gasteiger partial charge on any atom is 0.269 e. The molecule has 2 N–H and O–H groups in total. The molecule has 1 aromatic carbocycles. The van der Waals surface area contributed by atoms with Crippen molar-refractivity contribution in [3.05, 3.63) is 39.9 Å². The van der Waals surface area contributed by atoms with Gasteiger partial charge in [0.1, 0.15) is 0 Å². The quantitative estimate of drug-likeness (QED) is 0.635. The van der Waals surface area contributed by atoms with Gasteiger partial charge in [0.15, 0.2) is 0 Å². The van der Waals surface area contributed by atoms with E-state index in [9.17, 15) is 10.1 Å². The lowest BCUT2D eigenvalue weighted by Crippen LogP contribution is -2.86. The van der Waals surface area contributed by atoms with E-state index in [2.05, 4.69) is 5.32 Å². The van der Waals surface area contributed by atoms with E-state index >= 15 is 0 Å². The monoisotopic (exact) mass is 235 g/mol. The number of hydrogen-bond acceptors (Lipinski definition) is 2. The minimum Gasteiger partial charge on any atom is -0.346 e. The van der Waals surface area contributed by atoms with Crippen molar-refractivity contribution in [2.45, 2.75) is 25.7 Å². The molecule has 1 aliphatic rings. The van der Waals surface area contributed by atoms with Gasteiger partial charge < -0.3 is 5.32 Å². The van der Waals surface area contributed by atoms with Crippen molar-refractivity contribution in [3.8, 4) is 0 Å². The molecule has 1 fully saturated rings. The smallest absolute Gasteiger partial charge is 0.269 e. The SMILES string of the molecule is O=[N+]([O-])c1ccc(CCC2CC[NH2+]CC2)cc1. The first-order valence-electron chi connectivity index (χ1n) is 6.30. The third-order valence-electron chi connectivity index (χ3n) is 3.55. The van der Waals surface area contributed by atoms with Crippen LogP contribution in [0.15, 0.2) is 24.3 Å². The second-order valence-electron chi connectivity index (χ2n) is 4.77. The van der Waals surface area contributed by atoms with Gasteiger partial charge in [-0.15, -0.1) is 0 Å². The van der Waals surface area contributed by atoms with Crippen LogP contribution in [0.2, 0.25) is 0 Å². The number of hydrogen-bond donors (Lipinski definition) is 1. The number of nitro benzene ring substituents is 1. The van der Waals surface area contributed by atoms with Crippen LogP contribution in [0.1, 0.15) is 24.8 Å². The van der Waals surface area contributed by atoms with Crippen LogP contribution in [0, 0.1) is 16.0 Å². The molecule has 1 heterocycles. The second-order valence-corrected chi connectivity index (χ2v) is 4.77. The summed E-state index contributed by atoms with van der Waals surface area (Å²) in [5.74, 6) is 0.843. The number of nitrogens with two attached hydrogens (primary N) is 1. The third-order valence-corrected chi connectivity index (χ3v) is 3.55. The summed E-state index contributed by atoms with van der Waals surface area (Å²) in [4.78, 5) is 10.2. The number of aryl methyl sites for hydroxylation is 1. The predicted octanol–water partition coefficient (Wildman–Crippen LogP) is 1.50. The van der Waals surface area contributed by atoms with Crippen molar-refractivity contribution in [2.24, 2.45) is 5.92 Å². The van der Waals surface area contributed by atoms with Crippen LogP contribution < -0.4 is 5.32 Å². The molecule has 0 amide bonds. The van der Waals surface area contributed by atoms with Gasteiger partial charge in [0.25, 0.3) is 5.69 Å². The van der Waals surface area contributed by atoms with Crippen molar-refractivity contribution in [2.75, 3.05) is 13.1 Å². The van der Waals surface area contributed by atoms with Crippen molar-refractivity contribution in [3.63, 3.8) is 0 Å². The molecule has 4 nitrogen and oxygen atoms in total. The number of nitrogens with zero attached hydrogens (tertiary/aromatic N) is 1. The minimum atomic E-state index is -0.346. The highest BCUT2D eigenvalue weighted by Crippen LogP contribution is 2.18. The van der Waals surface area contributed by atoms with Gasteiger partial charge in [-0.3, -0.25) is 10.1 Å². The van der Waals surface area contributed by atoms with Gasteiger partial charge in [-0.1, -0.05) is 12.1 Å². The normalized spacial score (nSPS) is 16.9. The predicted molar refractivity (Wildman–Crippen MR) is 65.8 cm³/mol. The fraction of sp³-hybridized carbons (Fsp3) is 0.538. The summed E-state index contributed by atoms with van der Waals surface area (Å²) in [5, 5.41) is 12.9. The number of piperidine rings is 1. The molecule has 0 spiro atoms. The van der Waals surface area contributed by atoms with Crippen molar-refractivity contribution in [1.29, 1.82) is 0 Å². The number of nitro groups is 1. The molecular formula is C13H19N2O2+. The maximum absolute atomic E-state index is 10.5. The van der Waals surface area contributed by atoms with Crippen LogP contribution in [0.4, 0.5) is 5.69 Å². The Kier molecular flexibility index (Phi) is 4.09. The molecule has 0 saturated carbocycles. The van der Waals surface area contributed by atoms with Crippen LogP contribution in [0.3, 0.4) is 0 Å². The summed E-state index contributed by atoms with van der Waals surface area (Å²) in [6, 6.07) is 6.97. The van der Waals surface area contributed by atoms with Crippen molar-refractivity contribution >= 4 is 5.69 Å². The Bertz CT molecular complexity index is 370. The lowest BCUT2D eigenvalue weighted by Gasteiger charge is -2.19. The average Bonchev–Trinajstić information content (AvgIpc) is 2.38. The van der Waals surface area contributed by atoms with Gasteiger partial charge in [0.05, 0.1) is 18.0 Å². The number of rotatable bonds is 4. The number of benzene rings is 1. The average molecular weight is 235 g/mol. The summed E-state index contributed by atoms with van der Waals surface area (Å²) in [7, 11) is 0. The lowest BCUT2D eigenvalue weighted by molar-refractivity contribution is -0.664. The minimum absolute atomic E-state index is 0.181. The molecule has 1 aliphatic heterocycles. The molecule has 0 atom stereocenters. The molecule has 1 saturated heterocycles. The third kappa shape index (κ3) is 3.53. The highest BCUT2D eigenvalue weighted by Gasteiger charge is 2.15. The van der Waals surface area contributed by atoms with Crippen LogP contribution >= 0.6 is 0 Å². The van der Waals surface area contributed by atoms with Gasteiger partial charge in [-0.05, 0) is 37.2 Å². The molecule has 2 rings (SSSR count). The van der Waals surface area contributed by atoms with Gasteiger partial charge in [-0.25, -0.2) is 0 Å². The highest BCUT2D eigenvalue weighted by atomic mass is 16.6. The van der Waals surface area contributed by atoms with E-state index in [4.69, 9.17) is 0 Å². The number of quaternary nitrogens is 1. The summed E-state index contributed by atoms with van der Waals surface area (Å²) < 4.78 is 0. The Hall–Kier alpha value is -1.42. The Morgan fingerprint density at radius 2 is 1.88 bits per heavy atom. The number of non-ortho nitro benzene ring substituents is 1.